The van der Waals surface area contributed by atoms with Gasteiger partial charge >= 0.3 is 5.97 Å². The first-order valence-corrected chi connectivity index (χ1v) is 13.4. The Morgan fingerprint density at radius 2 is 1.35 bits per heavy atom. The molecule has 0 bridgehead atoms. The van der Waals surface area contributed by atoms with E-state index < -0.39 is 18.1 Å². The van der Waals surface area contributed by atoms with Gasteiger partial charge in [0.2, 0.25) is 0 Å². The van der Waals surface area contributed by atoms with Gasteiger partial charge in [0.1, 0.15) is 18.8 Å². The quantitative estimate of drug-likeness (QED) is 0.100. The second-order valence-corrected chi connectivity index (χ2v) is 9.75. The SMILES string of the molecule is CC/C=C/C/C=C/C/C=C/C/C=C/C/C=C/CCCC(=O)OCC(O)COCCC(C(=O)[O-])[N+](C)(C)C. The van der Waals surface area contributed by atoms with Gasteiger partial charge < -0.3 is 29.0 Å². The number of unbranched alkanes of at least 4 members (excludes halogenated alkanes) is 1. The summed E-state index contributed by atoms with van der Waals surface area (Å²) in [6.07, 6.45) is 27.4. The maximum absolute atomic E-state index is 11.8. The number of carbonyl (C=O) groups is 2. The lowest BCUT2D eigenvalue weighted by molar-refractivity contribution is -0.889. The van der Waals surface area contributed by atoms with Crippen molar-refractivity contribution in [2.45, 2.75) is 76.9 Å². The van der Waals surface area contributed by atoms with Crippen LogP contribution in [0.1, 0.15) is 64.7 Å². The minimum absolute atomic E-state index is 0.0236. The van der Waals surface area contributed by atoms with Crippen molar-refractivity contribution in [2.75, 3.05) is 41.0 Å². The van der Waals surface area contributed by atoms with Crippen molar-refractivity contribution in [3.63, 3.8) is 0 Å². The molecule has 0 aliphatic heterocycles. The van der Waals surface area contributed by atoms with Gasteiger partial charge in [0.05, 0.1) is 40.3 Å². The molecule has 0 saturated heterocycles. The molecule has 0 aromatic heterocycles. The molecule has 210 valence electrons. The number of aliphatic hydroxyl groups is 1. The van der Waals surface area contributed by atoms with Crippen LogP contribution in [0.4, 0.5) is 0 Å². The first-order chi connectivity index (χ1) is 17.7. The lowest BCUT2D eigenvalue weighted by Gasteiger charge is -2.34. The van der Waals surface area contributed by atoms with E-state index in [4.69, 9.17) is 9.47 Å². The zero-order valence-electron chi connectivity index (χ0n) is 23.3. The second-order valence-electron chi connectivity index (χ2n) is 9.75. The molecule has 0 aromatic rings. The fraction of sp³-hybridized carbons (Fsp3) is 0.600. The van der Waals surface area contributed by atoms with Gasteiger partial charge in [-0.1, -0.05) is 67.7 Å². The Labute approximate surface area is 224 Å². The number of likely N-dealkylation sites (N-methyl/N-ethyl adjacent to an activating group) is 1. The molecule has 0 radical (unpaired) electrons. The maximum atomic E-state index is 11.8. The van der Waals surface area contributed by atoms with Crippen LogP contribution in [0.2, 0.25) is 0 Å². The van der Waals surface area contributed by atoms with Crippen LogP contribution < -0.4 is 5.11 Å². The van der Waals surface area contributed by atoms with Gasteiger partial charge in [0.25, 0.3) is 0 Å². The van der Waals surface area contributed by atoms with Gasteiger partial charge in [-0.2, -0.15) is 0 Å². The summed E-state index contributed by atoms with van der Waals surface area (Å²) in [4.78, 5) is 23.0. The number of hydrogen-bond donors (Lipinski definition) is 1. The largest absolute Gasteiger partial charge is 0.544 e. The standard InChI is InChI=1S/C30H49NO6/c1-5-6-7-8-9-10-11-12-13-14-15-16-17-18-19-20-21-22-29(33)37-26-27(32)25-36-24-23-28(30(34)35)31(2,3)4/h6-7,9-10,12-13,15-16,18-19,27-28,32H,5,8,11,14,17,20-26H2,1-4H3/b7-6+,10-9+,13-12+,16-15+,19-18+. The highest BCUT2D eigenvalue weighted by Crippen LogP contribution is 2.07. The summed E-state index contributed by atoms with van der Waals surface area (Å²) in [5.74, 6) is -1.48. The molecule has 1 N–H and O–H groups in total. The fourth-order valence-electron chi connectivity index (χ4n) is 3.28. The number of ether oxygens (including phenoxy) is 2. The third-order valence-corrected chi connectivity index (χ3v) is 5.40. The molecular weight excluding hydrogens is 470 g/mol. The number of hydrogen-bond acceptors (Lipinski definition) is 6. The lowest BCUT2D eigenvalue weighted by atomic mass is 10.1. The zero-order valence-corrected chi connectivity index (χ0v) is 23.3. The van der Waals surface area contributed by atoms with Crippen LogP contribution >= 0.6 is 0 Å². The average molecular weight is 520 g/mol. The third-order valence-electron chi connectivity index (χ3n) is 5.40. The number of aliphatic carboxylic acids is 1. The average Bonchev–Trinajstić information content (AvgIpc) is 2.83. The van der Waals surface area contributed by atoms with Crippen molar-refractivity contribution in [1.29, 1.82) is 0 Å². The van der Waals surface area contributed by atoms with Gasteiger partial charge in [-0.15, -0.1) is 0 Å². The molecule has 37 heavy (non-hydrogen) atoms. The van der Waals surface area contributed by atoms with Gasteiger partial charge in [0, 0.05) is 12.8 Å². The smallest absolute Gasteiger partial charge is 0.305 e. The molecule has 2 unspecified atom stereocenters. The summed E-state index contributed by atoms with van der Waals surface area (Å²) in [5, 5.41) is 21.1. The maximum Gasteiger partial charge on any atom is 0.305 e. The first kappa shape index (κ1) is 34.5. The van der Waals surface area contributed by atoms with Gasteiger partial charge in [0.15, 0.2) is 0 Å². The van der Waals surface area contributed by atoms with Crippen molar-refractivity contribution in [2.24, 2.45) is 0 Å². The number of rotatable bonds is 22. The second kappa shape index (κ2) is 22.7. The summed E-state index contributed by atoms with van der Waals surface area (Å²) in [5.41, 5.74) is 0. The first-order valence-electron chi connectivity index (χ1n) is 13.4. The van der Waals surface area contributed by atoms with Crippen LogP contribution in [-0.4, -0.2) is 74.6 Å². The topological polar surface area (TPSA) is 95.9 Å². The molecule has 0 amide bonds. The summed E-state index contributed by atoms with van der Waals surface area (Å²) in [7, 11) is 5.32. The normalized spacial score (nSPS) is 14.5. The number of esters is 1. The van der Waals surface area contributed by atoms with Crippen LogP contribution in [0.25, 0.3) is 0 Å². The van der Waals surface area contributed by atoms with Crippen molar-refractivity contribution in [1.82, 2.24) is 0 Å². The van der Waals surface area contributed by atoms with E-state index in [1.807, 2.05) is 0 Å². The monoisotopic (exact) mass is 519 g/mol. The summed E-state index contributed by atoms with van der Waals surface area (Å²) in [6.45, 7) is 2.15. The third kappa shape index (κ3) is 22.4. The van der Waals surface area contributed by atoms with Crippen LogP contribution in [0.5, 0.6) is 0 Å². The Kier molecular flexibility index (Phi) is 21.2. The number of carboxylic acids is 1. The van der Waals surface area contributed by atoms with E-state index in [0.29, 0.717) is 12.8 Å². The zero-order chi connectivity index (χ0) is 27.8. The van der Waals surface area contributed by atoms with E-state index >= 15 is 0 Å². The van der Waals surface area contributed by atoms with Crippen molar-refractivity contribution in [3.05, 3.63) is 60.8 Å². The number of aliphatic hydroxyl groups excluding tert-OH is 1. The fourth-order valence-corrected chi connectivity index (χ4v) is 3.28. The highest BCUT2D eigenvalue weighted by atomic mass is 16.5. The Morgan fingerprint density at radius 3 is 1.84 bits per heavy atom. The number of nitrogens with zero attached hydrogens (tertiary/aromatic N) is 1. The lowest BCUT2D eigenvalue weighted by Crippen LogP contribution is -2.55. The van der Waals surface area contributed by atoms with Crippen LogP contribution in [0, 0.1) is 0 Å². The Hall–Kier alpha value is -2.48. The highest BCUT2D eigenvalue weighted by molar-refractivity contribution is 5.69. The molecule has 0 aliphatic rings. The van der Waals surface area contributed by atoms with Crippen LogP contribution in [-0.2, 0) is 19.1 Å². The Bertz CT molecular complexity index is 746. The van der Waals surface area contributed by atoms with E-state index in [9.17, 15) is 19.8 Å². The molecule has 0 heterocycles. The van der Waals surface area contributed by atoms with E-state index in [1.165, 1.54) is 0 Å². The molecule has 7 heteroatoms. The molecule has 2 atom stereocenters. The van der Waals surface area contributed by atoms with Crippen LogP contribution in [0.15, 0.2) is 60.8 Å². The highest BCUT2D eigenvalue weighted by Gasteiger charge is 2.24. The van der Waals surface area contributed by atoms with Crippen molar-refractivity contribution in [3.8, 4) is 0 Å². The number of carbonyl (C=O) groups excluding carboxylic acids is 2. The molecular formula is C30H49NO6. The summed E-state index contributed by atoms with van der Waals surface area (Å²) >= 11 is 0. The molecule has 0 spiro atoms. The predicted molar refractivity (Wildman–Crippen MR) is 148 cm³/mol. The van der Waals surface area contributed by atoms with Gasteiger partial charge in [-0.25, -0.2) is 0 Å². The van der Waals surface area contributed by atoms with Crippen molar-refractivity contribution < 1.29 is 33.8 Å². The molecule has 0 aromatic carbocycles. The number of quaternary nitrogens is 1. The molecule has 0 saturated carbocycles. The minimum atomic E-state index is -1.13. The van der Waals surface area contributed by atoms with E-state index in [0.717, 1.165) is 38.5 Å². The van der Waals surface area contributed by atoms with Gasteiger partial charge in [-0.3, -0.25) is 4.79 Å². The Morgan fingerprint density at radius 1 is 0.838 bits per heavy atom. The van der Waals surface area contributed by atoms with E-state index in [2.05, 4.69) is 67.7 Å². The van der Waals surface area contributed by atoms with E-state index in [1.54, 1.807) is 21.1 Å². The molecule has 0 rings (SSSR count). The minimum Gasteiger partial charge on any atom is -0.544 e. The Balaban J connectivity index is 3.75. The van der Waals surface area contributed by atoms with E-state index in [-0.39, 0.29) is 36.7 Å². The molecule has 0 fully saturated rings. The van der Waals surface area contributed by atoms with Crippen molar-refractivity contribution >= 4 is 11.9 Å². The summed E-state index contributed by atoms with van der Waals surface area (Å²) in [6, 6.07) is -0.696. The molecule has 7 nitrogen and oxygen atoms in total. The summed E-state index contributed by atoms with van der Waals surface area (Å²) < 4.78 is 10.6. The van der Waals surface area contributed by atoms with Gasteiger partial charge in [-0.05, 0) is 44.9 Å². The number of carboxylic acid groups (broad SMARTS) is 1. The molecule has 0 aliphatic carbocycles. The van der Waals surface area contributed by atoms with Crippen LogP contribution in [0.3, 0.4) is 0 Å². The number of allylic oxidation sites excluding steroid dienone is 10. The predicted octanol–water partition coefficient (Wildman–Crippen LogP) is 4.04.